The molecular formula is C29H45NO5. The first-order chi connectivity index (χ1) is 16.9. The molecule has 6 heteroatoms. The summed E-state index contributed by atoms with van der Waals surface area (Å²) in [6.45, 7) is 12.6. The van der Waals surface area contributed by atoms with Crippen molar-refractivity contribution < 1.29 is 24.4 Å². The Morgan fingerprint density at radius 1 is 1.17 bits per heavy atom. The van der Waals surface area contributed by atoms with Crippen LogP contribution < -0.4 is 9.64 Å². The Morgan fingerprint density at radius 3 is 2.46 bits per heavy atom. The van der Waals surface area contributed by atoms with Crippen molar-refractivity contribution >= 4 is 11.3 Å². The summed E-state index contributed by atoms with van der Waals surface area (Å²) in [7, 11) is 7.33. The number of unbranched alkanes of at least 4 members (excludes halogenated alkanes) is 1. The van der Waals surface area contributed by atoms with Crippen LogP contribution in [0, 0.1) is 0 Å². The lowest BCUT2D eigenvalue weighted by Gasteiger charge is -2.20. The van der Waals surface area contributed by atoms with Crippen LogP contribution in [0.2, 0.25) is 0 Å². The molecule has 1 atom stereocenters. The molecule has 0 aliphatic carbocycles. The van der Waals surface area contributed by atoms with Gasteiger partial charge in [0.05, 0.1) is 19.8 Å². The van der Waals surface area contributed by atoms with Gasteiger partial charge in [-0.05, 0) is 42.7 Å². The van der Waals surface area contributed by atoms with Crippen molar-refractivity contribution in [2.45, 2.75) is 39.2 Å². The van der Waals surface area contributed by atoms with Crippen molar-refractivity contribution in [3.63, 3.8) is 0 Å². The number of rotatable bonds is 16. The molecule has 0 bridgehead atoms. The van der Waals surface area contributed by atoms with Gasteiger partial charge in [0.15, 0.2) is 0 Å². The van der Waals surface area contributed by atoms with Gasteiger partial charge < -0.3 is 19.5 Å². The number of aliphatic hydroxyl groups excluding tert-OH is 1. The molecular weight excluding hydrogens is 442 g/mol. The summed E-state index contributed by atoms with van der Waals surface area (Å²) in [4.78, 5) is 12.7. The number of hydrogen-bond acceptors (Lipinski definition) is 6. The van der Waals surface area contributed by atoms with Crippen LogP contribution in [0.3, 0.4) is 0 Å². The highest BCUT2D eigenvalue weighted by molar-refractivity contribution is 5.77. The maximum atomic E-state index is 8.48. The van der Waals surface area contributed by atoms with Crippen molar-refractivity contribution in [2.75, 3.05) is 53.0 Å². The summed E-state index contributed by atoms with van der Waals surface area (Å²) < 4.78 is 10.7. The molecule has 1 rings (SSSR count). The van der Waals surface area contributed by atoms with Crippen molar-refractivity contribution in [1.29, 1.82) is 0 Å². The van der Waals surface area contributed by atoms with Crippen LogP contribution >= 0.6 is 0 Å². The van der Waals surface area contributed by atoms with Crippen LogP contribution in [0.15, 0.2) is 73.4 Å². The molecule has 0 amide bonds. The van der Waals surface area contributed by atoms with Crippen LogP contribution in [0.4, 0.5) is 5.69 Å². The predicted molar refractivity (Wildman–Crippen MR) is 148 cm³/mol. The predicted octanol–water partition coefficient (Wildman–Crippen LogP) is 6.15. The molecule has 0 fully saturated rings. The van der Waals surface area contributed by atoms with Crippen LogP contribution in [-0.2, 0) is 14.5 Å². The molecule has 0 aliphatic heterocycles. The second-order valence-corrected chi connectivity index (χ2v) is 7.90. The molecule has 35 heavy (non-hydrogen) atoms. The van der Waals surface area contributed by atoms with E-state index in [-0.39, 0.29) is 19.3 Å². The topological polar surface area (TPSA) is 60.4 Å². The summed E-state index contributed by atoms with van der Waals surface area (Å²) in [6, 6.07) is 5.90. The Bertz CT molecular complexity index is 811. The molecule has 0 aliphatic rings. The lowest BCUT2D eigenvalue weighted by Crippen LogP contribution is -2.19. The number of benzene rings is 1. The van der Waals surface area contributed by atoms with Crippen molar-refractivity contribution in [1.82, 2.24) is 0 Å². The Hall–Kier alpha value is -2.64. The van der Waals surface area contributed by atoms with Crippen LogP contribution in [-0.4, -0.2) is 59.3 Å². The molecule has 0 saturated heterocycles. The molecule has 1 aromatic carbocycles. The molecule has 0 radical (unpaired) electrons. The van der Waals surface area contributed by atoms with E-state index in [1.54, 1.807) is 26.4 Å². The number of allylic oxidation sites excluding steroid dienone is 6. The minimum Gasteiger partial charge on any atom is -0.497 e. The Morgan fingerprint density at radius 2 is 1.91 bits per heavy atom. The SMILES string of the molecule is C=C(COOCC(CCCC)OC)c1cc(OC)ccc1N(C)C.C=C\C=C/C(/C=C/CO)=C\C. The van der Waals surface area contributed by atoms with Gasteiger partial charge in [-0.25, -0.2) is 9.78 Å². The van der Waals surface area contributed by atoms with E-state index in [2.05, 4.69) is 20.1 Å². The Labute approximate surface area is 212 Å². The Kier molecular flexibility index (Phi) is 19.1. The summed E-state index contributed by atoms with van der Waals surface area (Å²) in [6.07, 6.45) is 14.3. The first-order valence-electron chi connectivity index (χ1n) is 11.9. The van der Waals surface area contributed by atoms with Gasteiger partial charge in [0.1, 0.15) is 19.0 Å². The van der Waals surface area contributed by atoms with Gasteiger partial charge in [0.25, 0.3) is 0 Å². The minimum atomic E-state index is 0.0624. The average molecular weight is 488 g/mol. The second-order valence-electron chi connectivity index (χ2n) is 7.90. The van der Waals surface area contributed by atoms with Gasteiger partial charge in [-0.2, -0.15) is 0 Å². The zero-order valence-corrected chi connectivity index (χ0v) is 22.5. The molecule has 0 saturated carbocycles. The van der Waals surface area contributed by atoms with E-state index in [9.17, 15) is 0 Å². The number of ether oxygens (including phenoxy) is 2. The first kappa shape index (κ1) is 32.4. The van der Waals surface area contributed by atoms with Crippen molar-refractivity contribution in [3.05, 3.63) is 78.9 Å². The van der Waals surface area contributed by atoms with Crippen LogP contribution in [0.5, 0.6) is 5.75 Å². The summed E-state index contributed by atoms with van der Waals surface area (Å²) >= 11 is 0. The van der Waals surface area contributed by atoms with E-state index in [0.717, 1.165) is 47.4 Å². The third kappa shape index (κ3) is 14.4. The van der Waals surface area contributed by atoms with E-state index >= 15 is 0 Å². The maximum Gasteiger partial charge on any atom is 0.119 e. The van der Waals surface area contributed by atoms with Gasteiger partial charge >= 0.3 is 0 Å². The number of nitrogens with zero attached hydrogens (tertiary/aromatic N) is 1. The van der Waals surface area contributed by atoms with Gasteiger partial charge in [0, 0.05) is 32.5 Å². The number of anilines is 1. The summed E-state index contributed by atoms with van der Waals surface area (Å²) in [5.74, 6) is 0.789. The minimum absolute atomic E-state index is 0.0624. The summed E-state index contributed by atoms with van der Waals surface area (Å²) in [5.41, 5.74) is 3.94. The van der Waals surface area contributed by atoms with Gasteiger partial charge in [-0.1, -0.05) is 69.4 Å². The van der Waals surface area contributed by atoms with Gasteiger partial charge in [0.2, 0.25) is 0 Å². The molecule has 0 heterocycles. The third-order valence-corrected chi connectivity index (χ3v) is 5.02. The molecule has 6 nitrogen and oxygen atoms in total. The van der Waals surface area contributed by atoms with Crippen LogP contribution in [0.25, 0.3) is 5.57 Å². The molecule has 0 spiro atoms. The molecule has 1 unspecified atom stereocenters. The number of methoxy groups -OCH3 is 2. The fourth-order valence-electron chi connectivity index (χ4n) is 2.95. The highest BCUT2D eigenvalue weighted by Gasteiger charge is 2.12. The normalized spacial score (nSPS) is 12.4. The maximum absolute atomic E-state index is 8.48. The smallest absolute Gasteiger partial charge is 0.119 e. The van der Waals surface area contributed by atoms with Crippen molar-refractivity contribution in [2.24, 2.45) is 0 Å². The van der Waals surface area contributed by atoms with E-state index in [0.29, 0.717) is 6.61 Å². The second kappa shape index (κ2) is 20.7. The van der Waals surface area contributed by atoms with Gasteiger partial charge in [-0.15, -0.1) is 0 Å². The molecule has 0 aromatic heterocycles. The van der Waals surface area contributed by atoms with E-state index in [4.69, 9.17) is 24.4 Å². The monoisotopic (exact) mass is 487 g/mol. The third-order valence-electron chi connectivity index (χ3n) is 5.02. The fraction of sp³-hybridized carbons (Fsp3) is 0.448. The standard InChI is InChI=1S/C19H31NO4.C10H14O/c1-7-8-9-17(22-6)14-24-23-13-15(2)18-12-16(21-5)10-11-19(18)20(3)4;1-3-5-7-10(4-2)8-6-9-11/h10-12,17H,2,7-9,13-14H2,1,3-6H3;3-8,11H,1,9H2,2H3/b;7-5-,8-6+,10-4+. The van der Waals surface area contributed by atoms with E-state index in [1.807, 2.05) is 68.4 Å². The molecule has 1 aromatic rings. The highest BCUT2D eigenvalue weighted by atomic mass is 17.2. The highest BCUT2D eigenvalue weighted by Crippen LogP contribution is 2.29. The quantitative estimate of drug-likeness (QED) is 0.131. The average Bonchev–Trinajstić information content (AvgIpc) is 2.88. The zero-order valence-electron chi connectivity index (χ0n) is 22.5. The molecule has 1 N–H and O–H groups in total. The number of aliphatic hydroxyl groups is 1. The summed E-state index contributed by atoms with van der Waals surface area (Å²) in [5, 5.41) is 8.48. The first-order valence-corrected chi connectivity index (χ1v) is 11.9. The van der Waals surface area contributed by atoms with E-state index in [1.165, 1.54) is 0 Å². The van der Waals surface area contributed by atoms with Crippen LogP contribution in [0.1, 0.15) is 38.7 Å². The van der Waals surface area contributed by atoms with Crippen molar-refractivity contribution in [3.8, 4) is 5.75 Å². The fourth-order valence-corrected chi connectivity index (χ4v) is 2.95. The lowest BCUT2D eigenvalue weighted by atomic mass is 10.0. The number of hydrogen-bond donors (Lipinski definition) is 1. The zero-order chi connectivity index (χ0) is 26.5. The largest absolute Gasteiger partial charge is 0.497 e. The van der Waals surface area contributed by atoms with E-state index < -0.39 is 0 Å². The Balaban J connectivity index is 0.000000883. The molecule has 196 valence electrons. The lowest BCUT2D eigenvalue weighted by molar-refractivity contribution is -0.297. The van der Waals surface area contributed by atoms with Gasteiger partial charge in [-0.3, -0.25) is 0 Å².